The maximum absolute atomic E-state index is 10.4. The second-order valence-electron chi connectivity index (χ2n) is 4.95. The van der Waals surface area contributed by atoms with Crippen LogP contribution in [-0.2, 0) is 0 Å². The average molecular weight is 291 g/mol. The Morgan fingerprint density at radius 3 is 2.80 bits per heavy atom. The Morgan fingerprint density at radius 2 is 2.15 bits per heavy atom. The predicted molar refractivity (Wildman–Crippen MR) is 83.4 cm³/mol. The first kappa shape index (κ1) is 15.0. The Bertz CT molecular complexity index is 539. The van der Waals surface area contributed by atoms with Gasteiger partial charge in [-0.25, -0.2) is 0 Å². The van der Waals surface area contributed by atoms with Crippen molar-refractivity contribution < 1.29 is 9.84 Å². The third-order valence-corrected chi connectivity index (χ3v) is 4.11. The molecule has 0 saturated carbocycles. The Kier molecular flexibility index (Phi) is 5.17. The van der Waals surface area contributed by atoms with Crippen molar-refractivity contribution >= 4 is 11.3 Å². The molecule has 0 aliphatic heterocycles. The van der Waals surface area contributed by atoms with Gasteiger partial charge in [0.25, 0.3) is 0 Å². The first-order valence-corrected chi connectivity index (χ1v) is 7.64. The molecule has 1 aromatic carbocycles. The number of aliphatic hydroxyl groups excluding tert-OH is 1. The minimum Gasteiger partial charge on any atom is -0.496 e. The highest BCUT2D eigenvalue weighted by Crippen LogP contribution is 2.26. The van der Waals surface area contributed by atoms with Gasteiger partial charge in [0.15, 0.2) is 0 Å². The number of benzene rings is 1. The van der Waals surface area contributed by atoms with Gasteiger partial charge in [-0.05, 0) is 48.4 Å². The summed E-state index contributed by atoms with van der Waals surface area (Å²) in [7, 11) is 1.63. The molecule has 2 rings (SSSR count). The van der Waals surface area contributed by atoms with Gasteiger partial charge in [-0.1, -0.05) is 11.6 Å². The molecule has 1 heterocycles. The molecule has 0 saturated heterocycles. The second kappa shape index (κ2) is 6.88. The zero-order valence-corrected chi connectivity index (χ0v) is 12.9. The molecule has 3 nitrogen and oxygen atoms in total. The van der Waals surface area contributed by atoms with Crippen LogP contribution in [0.15, 0.2) is 35.0 Å². The Balaban J connectivity index is 2.01. The summed E-state index contributed by atoms with van der Waals surface area (Å²) >= 11 is 1.68. The summed E-state index contributed by atoms with van der Waals surface area (Å²) in [6, 6.07) is 8.18. The van der Waals surface area contributed by atoms with E-state index >= 15 is 0 Å². The molecule has 2 aromatic rings. The molecular weight excluding hydrogens is 270 g/mol. The minimum atomic E-state index is -0.578. The summed E-state index contributed by atoms with van der Waals surface area (Å²) in [6.07, 6.45) is -0.578. The third-order valence-electron chi connectivity index (χ3n) is 3.40. The van der Waals surface area contributed by atoms with Gasteiger partial charge in [0.1, 0.15) is 5.75 Å². The second-order valence-corrected chi connectivity index (χ2v) is 5.73. The summed E-state index contributed by atoms with van der Waals surface area (Å²) in [5, 5.41) is 17.9. The van der Waals surface area contributed by atoms with Gasteiger partial charge in [-0.15, -0.1) is 0 Å². The molecule has 2 N–H and O–H groups in total. The fourth-order valence-corrected chi connectivity index (χ4v) is 2.91. The number of aliphatic hydroxyl groups is 1. The van der Waals surface area contributed by atoms with Crippen LogP contribution in [0.3, 0.4) is 0 Å². The summed E-state index contributed by atoms with van der Waals surface area (Å²) in [6.45, 7) is 4.61. The molecule has 2 unspecified atom stereocenters. The number of ether oxygens (including phenoxy) is 1. The van der Waals surface area contributed by atoms with E-state index in [0.717, 1.165) is 16.9 Å². The lowest BCUT2D eigenvalue weighted by Gasteiger charge is -2.19. The summed E-state index contributed by atoms with van der Waals surface area (Å²) in [5.41, 5.74) is 3.20. The van der Waals surface area contributed by atoms with E-state index < -0.39 is 6.10 Å². The van der Waals surface area contributed by atoms with Gasteiger partial charge < -0.3 is 15.2 Å². The fraction of sp³-hybridized carbons (Fsp3) is 0.375. The highest BCUT2D eigenvalue weighted by Gasteiger charge is 2.15. The van der Waals surface area contributed by atoms with Gasteiger partial charge in [-0.2, -0.15) is 11.3 Å². The van der Waals surface area contributed by atoms with E-state index in [1.807, 2.05) is 25.1 Å². The Labute approximate surface area is 124 Å². The van der Waals surface area contributed by atoms with Crippen LogP contribution < -0.4 is 10.1 Å². The number of nitrogens with one attached hydrogen (secondary N) is 1. The summed E-state index contributed by atoms with van der Waals surface area (Å²) in [4.78, 5) is 0. The molecule has 1 aromatic heterocycles. The number of hydrogen-bond donors (Lipinski definition) is 2. The van der Waals surface area contributed by atoms with Crippen molar-refractivity contribution in [2.75, 3.05) is 13.7 Å². The van der Waals surface area contributed by atoms with Gasteiger partial charge in [0.2, 0.25) is 0 Å². The largest absolute Gasteiger partial charge is 0.496 e. The maximum Gasteiger partial charge on any atom is 0.124 e. The Hall–Kier alpha value is -1.36. The van der Waals surface area contributed by atoms with Crippen LogP contribution in [0.4, 0.5) is 0 Å². The summed E-state index contributed by atoms with van der Waals surface area (Å²) in [5.74, 6) is 0.730. The molecule has 0 spiro atoms. The molecule has 20 heavy (non-hydrogen) atoms. The van der Waals surface area contributed by atoms with Gasteiger partial charge >= 0.3 is 0 Å². The van der Waals surface area contributed by atoms with E-state index in [9.17, 15) is 5.11 Å². The van der Waals surface area contributed by atoms with Gasteiger partial charge in [-0.3, -0.25) is 0 Å². The Morgan fingerprint density at radius 1 is 1.35 bits per heavy atom. The SMILES string of the molecule is COc1ccc(C)cc1C(O)CNC(C)c1ccsc1. The van der Waals surface area contributed by atoms with Crippen LogP contribution in [0.1, 0.15) is 35.8 Å². The first-order chi connectivity index (χ1) is 9.61. The quantitative estimate of drug-likeness (QED) is 0.856. The maximum atomic E-state index is 10.4. The molecule has 2 atom stereocenters. The average Bonchev–Trinajstić information content (AvgIpc) is 2.98. The monoisotopic (exact) mass is 291 g/mol. The molecule has 0 amide bonds. The lowest BCUT2D eigenvalue weighted by molar-refractivity contribution is 0.166. The fourth-order valence-electron chi connectivity index (χ4n) is 2.15. The predicted octanol–water partition coefficient (Wildman–Crippen LogP) is 3.45. The van der Waals surface area contributed by atoms with E-state index in [4.69, 9.17) is 4.74 Å². The molecular formula is C16H21NO2S. The number of methoxy groups -OCH3 is 1. The van der Waals surface area contributed by atoms with Gasteiger partial charge in [0.05, 0.1) is 13.2 Å². The number of hydrogen-bond acceptors (Lipinski definition) is 4. The topological polar surface area (TPSA) is 41.5 Å². The van der Waals surface area contributed by atoms with Crippen LogP contribution in [0.25, 0.3) is 0 Å². The van der Waals surface area contributed by atoms with Crippen molar-refractivity contribution in [1.29, 1.82) is 0 Å². The molecule has 108 valence electrons. The van der Waals surface area contributed by atoms with E-state index in [-0.39, 0.29) is 6.04 Å². The van der Waals surface area contributed by atoms with Crippen molar-refractivity contribution in [2.45, 2.75) is 26.0 Å². The van der Waals surface area contributed by atoms with Crippen LogP contribution in [-0.4, -0.2) is 18.8 Å². The van der Waals surface area contributed by atoms with Crippen LogP contribution in [0.5, 0.6) is 5.75 Å². The highest BCUT2D eigenvalue weighted by molar-refractivity contribution is 7.07. The lowest BCUT2D eigenvalue weighted by Crippen LogP contribution is -2.24. The summed E-state index contributed by atoms with van der Waals surface area (Å²) < 4.78 is 5.31. The zero-order chi connectivity index (χ0) is 14.5. The van der Waals surface area contributed by atoms with Crippen molar-refractivity contribution in [3.05, 3.63) is 51.7 Å². The number of thiophene rings is 1. The lowest BCUT2D eigenvalue weighted by atomic mass is 10.0. The molecule has 0 bridgehead atoms. The van der Waals surface area contributed by atoms with Crippen LogP contribution >= 0.6 is 11.3 Å². The minimum absolute atomic E-state index is 0.228. The smallest absolute Gasteiger partial charge is 0.124 e. The van der Waals surface area contributed by atoms with Crippen molar-refractivity contribution in [3.63, 3.8) is 0 Å². The standard InChI is InChI=1S/C16H21NO2S/c1-11-4-5-16(19-3)14(8-11)15(18)9-17-12(2)13-6-7-20-10-13/h4-8,10,12,15,17-18H,9H2,1-3H3. The van der Waals surface area contributed by atoms with Crippen molar-refractivity contribution in [2.24, 2.45) is 0 Å². The number of rotatable bonds is 6. The third kappa shape index (κ3) is 3.60. The zero-order valence-electron chi connectivity index (χ0n) is 12.1. The molecule has 4 heteroatoms. The van der Waals surface area contributed by atoms with Gasteiger partial charge in [0, 0.05) is 18.2 Å². The van der Waals surface area contributed by atoms with E-state index in [1.165, 1.54) is 5.56 Å². The van der Waals surface area contributed by atoms with Crippen molar-refractivity contribution in [3.8, 4) is 5.75 Å². The van der Waals surface area contributed by atoms with Crippen LogP contribution in [0.2, 0.25) is 0 Å². The molecule has 0 aliphatic rings. The molecule has 0 radical (unpaired) electrons. The number of aryl methyl sites for hydroxylation is 1. The normalized spacial score (nSPS) is 14.0. The van der Waals surface area contributed by atoms with E-state index in [2.05, 4.69) is 29.1 Å². The van der Waals surface area contributed by atoms with E-state index in [1.54, 1.807) is 18.4 Å². The van der Waals surface area contributed by atoms with Crippen molar-refractivity contribution in [1.82, 2.24) is 5.32 Å². The first-order valence-electron chi connectivity index (χ1n) is 6.70. The van der Waals surface area contributed by atoms with Crippen LogP contribution in [0, 0.1) is 6.92 Å². The molecule has 0 aliphatic carbocycles. The highest BCUT2D eigenvalue weighted by atomic mass is 32.1. The molecule has 0 fully saturated rings. The van der Waals surface area contributed by atoms with E-state index in [0.29, 0.717) is 6.54 Å².